The zero-order valence-electron chi connectivity index (χ0n) is 19.0. The van der Waals surface area contributed by atoms with Crippen LogP contribution in [0.3, 0.4) is 0 Å². The number of amides is 2. The van der Waals surface area contributed by atoms with E-state index < -0.39 is 0 Å². The van der Waals surface area contributed by atoms with Crippen LogP contribution in [0.2, 0.25) is 0 Å². The lowest BCUT2D eigenvalue weighted by atomic mass is 10.2. The number of aromatic amines is 1. The van der Waals surface area contributed by atoms with E-state index in [1.807, 2.05) is 30.3 Å². The number of benzene rings is 2. The summed E-state index contributed by atoms with van der Waals surface area (Å²) in [5.74, 6) is 1.50. The van der Waals surface area contributed by atoms with Gasteiger partial charge in [0.1, 0.15) is 11.4 Å². The molecule has 0 saturated carbocycles. The minimum Gasteiger partial charge on any atom is -0.497 e. The van der Waals surface area contributed by atoms with E-state index >= 15 is 0 Å². The predicted molar refractivity (Wildman–Crippen MR) is 126 cm³/mol. The van der Waals surface area contributed by atoms with Gasteiger partial charge in [0, 0.05) is 37.3 Å². The average Bonchev–Trinajstić information content (AvgIpc) is 3.31. The molecule has 2 N–H and O–H groups in total. The van der Waals surface area contributed by atoms with Gasteiger partial charge in [-0.3, -0.25) is 9.59 Å². The largest absolute Gasteiger partial charge is 0.497 e. The molecule has 2 heterocycles. The highest BCUT2D eigenvalue weighted by Gasteiger charge is 2.22. The van der Waals surface area contributed by atoms with Crippen molar-refractivity contribution in [2.75, 3.05) is 59.0 Å². The Morgan fingerprint density at radius 2 is 1.67 bits per heavy atom. The number of rotatable bonds is 7. The van der Waals surface area contributed by atoms with Gasteiger partial charge in [-0.15, -0.1) is 0 Å². The Balaban J connectivity index is 1.32. The van der Waals surface area contributed by atoms with Gasteiger partial charge < -0.3 is 34.3 Å². The number of nitrogens with zero attached hydrogens (tertiary/aromatic N) is 2. The Morgan fingerprint density at radius 3 is 2.30 bits per heavy atom. The van der Waals surface area contributed by atoms with Crippen molar-refractivity contribution < 1.29 is 23.8 Å². The number of hydrogen-bond donors (Lipinski definition) is 2. The van der Waals surface area contributed by atoms with Crippen molar-refractivity contribution in [1.82, 2.24) is 15.2 Å². The second-order valence-electron chi connectivity index (χ2n) is 7.69. The second-order valence-corrected chi connectivity index (χ2v) is 7.69. The minimum absolute atomic E-state index is 0.0583. The molecule has 1 fully saturated rings. The number of hydrogen-bond acceptors (Lipinski definition) is 6. The predicted octanol–water partition coefficient (Wildman–Crippen LogP) is 2.27. The molecule has 4 rings (SSSR count). The third-order valence-electron chi connectivity index (χ3n) is 5.86. The summed E-state index contributed by atoms with van der Waals surface area (Å²) in [6, 6.07) is 13.2. The van der Waals surface area contributed by atoms with E-state index in [1.54, 1.807) is 38.4 Å². The summed E-state index contributed by atoms with van der Waals surface area (Å²) in [6.07, 6.45) is 0. The molecule has 1 aliphatic heterocycles. The molecule has 2 amide bonds. The second kappa shape index (κ2) is 9.72. The van der Waals surface area contributed by atoms with E-state index in [4.69, 9.17) is 14.2 Å². The van der Waals surface area contributed by atoms with Crippen LogP contribution in [0.15, 0.2) is 42.5 Å². The normalized spacial score (nSPS) is 13.7. The van der Waals surface area contributed by atoms with Crippen molar-refractivity contribution in [1.29, 1.82) is 0 Å². The molecule has 174 valence electrons. The van der Waals surface area contributed by atoms with Crippen molar-refractivity contribution in [3.8, 4) is 17.2 Å². The molecule has 3 aromatic rings. The summed E-state index contributed by atoms with van der Waals surface area (Å²) in [6.45, 7) is 2.61. The first-order valence-electron chi connectivity index (χ1n) is 10.7. The van der Waals surface area contributed by atoms with Crippen LogP contribution in [0.5, 0.6) is 17.2 Å². The van der Waals surface area contributed by atoms with Crippen LogP contribution in [0.1, 0.15) is 10.5 Å². The average molecular weight is 453 g/mol. The van der Waals surface area contributed by atoms with Gasteiger partial charge in [-0.05, 0) is 42.5 Å². The first-order chi connectivity index (χ1) is 16.0. The van der Waals surface area contributed by atoms with E-state index in [0.29, 0.717) is 30.3 Å². The molecule has 0 unspecified atom stereocenters. The van der Waals surface area contributed by atoms with Gasteiger partial charge in [0.2, 0.25) is 5.91 Å². The zero-order valence-corrected chi connectivity index (χ0v) is 19.0. The Kier molecular flexibility index (Phi) is 6.58. The monoisotopic (exact) mass is 452 g/mol. The van der Waals surface area contributed by atoms with Crippen LogP contribution in [0, 0.1) is 0 Å². The van der Waals surface area contributed by atoms with Crippen molar-refractivity contribution in [2.45, 2.75) is 0 Å². The zero-order chi connectivity index (χ0) is 23.4. The first-order valence-corrected chi connectivity index (χ1v) is 10.7. The summed E-state index contributed by atoms with van der Waals surface area (Å²) < 4.78 is 15.9. The Morgan fingerprint density at radius 1 is 0.939 bits per heavy atom. The van der Waals surface area contributed by atoms with Gasteiger partial charge in [0.05, 0.1) is 33.4 Å². The highest BCUT2D eigenvalue weighted by molar-refractivity contribution is 6.01. The van der Waals surface area contributed by atoms with Crippen molar-refractivity contribution in [2.24, 2.45) is 0 Å². The Hall–Kier alpha value is -3.88. The van der Waals surface area contributed by atoms with E-state index in [9.17, 15) is 9.59 Å². The SMILES string of the molecule is COc1ccc(N2CCN(C(=O)CNC(=O)c3cc4c(OC)c(OC)ccc4[nH]3)CC2)cc1. The Labute approximate surface area is 192 Å². The topological polar surface area (TPSA) is 96.1 Å². The van der Waals surface area contributed by atoms with Gasteiger partial charge >= 0.3 is 0 Å². The number of anilines is 1. The minimum atomic E-state index is -0.350. The van der Waals surface area contributed by atoms with Gasteiger partial charge in [0.25, 0.3) is 5.91 Å². The highest BCUT2D eigenvalue weighted by atomic mass is 16.5. The molecule has 2 aromatic carbocycles. The van der Waals surface area contributed by atoms with Crippen molar-refractivity contribution >= 4 is 28.4 Å². The summed E-state index contributed by atoms with van der Waals surface area (Å²) in [7, 11) is 4.76. The molecule has 1 saturated heterocycles. The Bertz CT molecular complexity index is 1130. The molecular formula is C24H28N4O5. The maximum Gasteiger partial charge on any atom is 0.268 e. The van der Waals surface area contributed by atoms with Crippen LogP contribution < -0.4 is 24.4 Å². The molecule has 0 radical (unpaired) electrons. The quantitative estimate of drug-likeness (QED) is 0.571. The molecule has 0 bridgehead atoms. The van der Waals surface area contributed by atoms with Gasteiger partial charge in [-0.25, -0.2) is 0 Å². The van der Waals surface area contributed by atoms with Crippen LogP contribution in [-0.4, -0.2) is 75.8 Å². The number of methoxy groups -OCH3 is 3. The molecule has 1 aliphatic rings. The molecule has 9 heteroatoms. The van der Waals surface area contributed by atoms with E-state index in [1.165, 1.54) is 0 Å². The molecule has 0 aliphatic carbocycles. The number of H-pyrrole nitrogens is 1. The third kappa shape index (κ3) is 4.67. The van der Waals surface area contributed by atoms with Crippen molar-refractivity contribution in [3.05, 3.63) is 48.2 Å². The van der Waals surface area contributed by atoms with E-state index in [0.717, 1.165) is 35.4 Å². The summed E-state index contributed by atoms with van der Waals surface area (Å²) in [5.41, 5.74) is 2.20. The molecule has 1 aromatic heterocycles. The number of carbonyl (C=O) groups is 2. The fourth-order valence-electron chi connectivity index (χ4n) is 4.02. The fraction of sp³-hybridized carbons (Fsp3) is 0.333. The van der Waals surface area contributed by atoms with Crippen LogP contribution in [-0.2, 0) is 4.79 Å². The van der Waals surface area contributed by atoms with Crippen LogP contribution >= 0.6 is 0 Å². The van der Waals surface area contributed by atoms with E-state index in [-0.39, 0.29) is 18.4 Å². The molecular weight excluding hydrogens is 424 g/mol. The molecule has 9 nitrogen and oxygen atoms in total. The number of ether oxygens (including phenoxy) is 3. The van der Waals surface area contributed by atoms with Gasteiger partial charge in [0.15, 0.2) is 11.5 Å². The number of aromatic nitrogens is 1. The van der Waals surface area contributed by atoms with Crippen LogP contribution in [0.4, 0.5) is 5.69 Å². The summed E-state index contributed by atoms with van der Waals surface area (Å²) in [5, 5.41) is 3.46. The fourth-order valence-corrected chi connectivity index (χ4v) is 4.02. The first kappa shape index (κ1) is 22.3. The lowest BCUT2D eigenvalue weighted by molar-refractivity contribution is -0.130. The molecule has 0 atom stereocenters. The number of fused-ring (bicyclic) bond motifs is 1. The third-order valence-corrected chi connectivity index (χ3v) is 5.86. The van der Waals surface area contributed by atoms with Gasteiger partial charge in [-0.2, -0.15) is 0 Å². The summed E-state index contributed by atoms with van der Waals surface area (Å²) >= 11 is 0. The van der Waals surface area contributed by atoms with Crippen LogP contribution in [0.25, 0.3) is 10.9 Å². The van der Waals surface area contributed by atoms with Crippen molar-refractivity contribution in [3.63, 3.8) is 0 Å². The molecule has 33 heavy (non-hydrogen) atoms. The smallest absolute Gasteiger partial charge is 0.268 e. The highest BCUT2D eigenvalue weighted by Crippen LogP contribution is 2.35. The summed E-state index contributed by atoms with van der Waals surface area (Å²) in [4.78, 5) is 32.4. The lowest BCUT2D eigenvalue weighted by Gasteiger charge is -2.36. The lowest BCUT2D eigenvalue weighted by Crippen LogP contribution is -2.51. The number of nitrogens with one attached hydrogen (secondary N) is 2. The number of piperazine rings is 1. The van der Waals surface area contributed by atoms with E-state index in [2.05, 4.69) is 15.2 Å². The maximum atomic E-state index is 12.6. The maximum absolute atomic E-state index is 12.6. The van der Waals surface area contributed by atoms with Gasteiger partial charge in [-0.1, -0.05) is 0 Å². The molecule has 0 spiro atoms. The standard InChI is InChI=1S/C24H28N4O5/c1-31-17-6-4-16(5-7-17)27-10-12-28(13-11-27)22(29)15-25-24(30)20-14-18-19(26-20)8-9-21(32-2)23(18)33-3/h4-9,14,26H,10-13,15H2,1-3H3,(H,25,30). The number of carbonyl (C=O) groups excluding carboxylic acids is 2.